The van der Waals surface area contributed by atoms with Crippen LogP contribution >= 0.6 is 11.8 Å². The standard InChI is InChI=1S/C7H15NS/c1-9-6-7-3-2-4-8-5-7/h7-8H,2-6H2,1H3/t7-/m0/s1. The lowest BCUT2D eigenvalue weighted by Crippen LogP contribution is -2.30. The second kappa shape index (κ2) is 4.18. The molecule has 0 unspecified atom stereocenters. The molecule has 0 saturated carbocycles. The molecule has 0 aromatic heterocycles. The number of piperidine rings is 1. The Balaban J connectivity index is 2.08. The minimum Gasteiger partial charge on any atom is -0.316 e. The zero-order chi connectivity index (χ0) is 6.53. The van der Waals surface area contributed by atoms with Crippen LogP contribution in [0.4, 0.5) is 0 Å². The highest BCUT2D eigenvalue weighted by Gasteiger charge is 2.10. The van der Waals surface area contributed by atoms with Crippen molar-refractivity contribution in [3.8, 4) is 0 Å². The third kappa shape index (κ3) is 2.59. The third-order valence-corrected chi connectivity index (χ3v) is 2.61. The first-order valence-electron chi connectivity index (χ1n) is 3.63. The van der Waals surface area contributed by atoms with Crippen LogP contribution in [0.1, 0.15) is 12.8 Å². The van der Waals surface area contributed by atoms with Crippen molar-refractivity contribution in [3.63, 3.8) is 0 Å². The molecular formula is C7H15NS. The number of hydrogen-bond donors (Lipinski definition) is 1. The Morgan fingerprint density at radius 2 is 2.56 bits per heavy atom. The molecule has 0 amide bonds. The fourth-order valence-corrected chi connectivity index (χ4v) is 2.06. The Morgan fingerprint density at radius 1 is 1.67 bits per heavy atom. The molecule has 0 radical (unpaired) electrons. The van der Waals surface area contributed by atoms with Crippen molar-refractivity contribution in [3.05, 3.63) is 0 Å². The molecule has 1 saturated heterocycles. The molecule has 54 valence electrons. The molecule has 1 rings (SSSR count). The van der Waals surface area contributed by atoms with Crippen molar-refractivity contribution in [2.75, 3.05) is 25.1 Å². The van der Waals surface area contributed by atoms with E-state index in [9.17, 15) is 0 Å². The van der Waals surface area contributed by atoms with Gasteiger partial charge in [-0.25, -0.2) is 0 Å². The maximum atomic E-state index is 3.41. The zero-order valence-electron chi connectivity index (χ0n) is 6.02. The van der Waals surface area contributed by atoms with Gasteiger partial charge in [0.15, 0.2) is 0 Å². The van der Waals surface area contributed by atoms with Gasteiger partial charge in [0.2, 0.25) is 0 Å². The predicted molar refractivity (Wildman–Crippen MR) is 44.0 cm³/mol. The van der Waals surface area contributed by atoms with E-state index in [1.54, 1.807) is 0 Å². The summed E-state index contributed by atoms with van der Waals surface area (Å²) in [6.07, 6.45) is 5.01. The van der Waals surface area contributed by atoms with Crippen LogP contribution in [-0.2, 0) is 0 Å². The van der Waals surface area contributed by atoms with Gasteiger partial charge in [0, 0.05) is 0 Å². The highest BCUT2D eigenvalue weighted by Crippen LogP contribution is 2.13. The lowest BCUT2D eigenvalue weighted by atomic mass is 10.0. The van der Waals surface area contributed by atoms with Crippen LogP contribution in [0, 0.1) is 5.92 Å². The molecule has 1 aliphatic heterocycles. The van der Waals surface area contributed by atoms with Gasteiger partial charge in [-0.3, -0.25) is 0 Å². The van der Waals surface area contributed by atoms with Gasteiger partial charge in [0.05, 0.1) is 0 Å². The molecule has 2 heteroatoms. The summed E-state index contributed by atoms with van der Waals surface area (Å²) in [5, 5.41) is 3.41. The van der Waals surface area contributed by atoms with Gasteiger partial charge >= 0.3 is 0 Å². The Kier molecular flexibility index (Phi) is 3.44. The van der Waals surface area contributed by atoms with Crippen molar-refractivity contribution in [2.24, 2.45) is 5.92 Å². The molecule has 1 nitrogen and oxygen atoms in total. The molecule has 0 aromatic carbocycles. The van der Waals surface area contributed by atoms with E-state index in [4.69, 9.17) is 0 Å². The Morgan fingerprint density at radius 3 is 3.11 bits per heavy atom. The van der Waals surface area contributed by atoms with Gasteiger partial charge < -0.3 is 5.32 Å². The fraction of sp³-hybridized carbons (Fsp3) is 1.00. The molecule has 9 heavy (non-hydrogen) atoms. The van der Waals surface area contributed by atoms with Gasteiger partial charge in [0.1, 0.15) is 0 Å². The first kappa shape index (κ1) is 7.42. The van der Waals surface area contributed by atoms with E-state index in [1.165, 1.54) is 31.7 Å². The van der Waals surface area contributed by atoms with Crippen LogP contribution in [0.2, 0.25) is 0 Å². The van der Waals surface area contributed by atoms with Gasteiger partial charge in [0.25, 0.3) is 0 Å². The summed E-state index contributed by atoms with van der Waals surface area (Å²) < 4.78 is 0. The summed E-state index contributed by atoms with van der Waals surface area (Å²) in [5.41, 5.74) is 0. The summed E-state index contributed by atoms with van der Waals surface area (Å²) in [7, 11) is 0. The Hall–Kier alpha value is 0.310. The van der Waals surface area contributed by atoms with Crippen molar-refractivity contribution in [2.45, 2.75) is 12.8 Å². The smallest absolute Gasteiger partial charge is 0.00126 e. The summed E-state index contributed by atoms with van der Waals surface area (Å²) in [6.45, 7) is 2.49. The summed E-state index contributed by atoms with van der Waals surface area (Å²) in [4.78, 5) is 0. The molecule has 1 aliphatic rings. The topological polar surface area (TPSA) is 12.0 Å². The van der Waals surface area contributed by atoms with E-state index < -0.39 is 0 Å². The SMILES string of the molecule is CSC[C@H]1CCCNC1. The van der Waals surface area contributed by atoms with Crippen LogP contribution in [-0.4, -0.2) is 25.1 Å². The van der Waals surface area contributed by atoms with Crippen molar-refractivity contribution >= 4 is 11.8 Å². The van der Waals surface area contributed by atoms with Gasteiger partial charge in [-0.2, -0.15) is 11.8 Å². The van der Waals surface area contributed by atoms with E-state index in [1.807, 2.05) is 11.8 Å². The highest BCUT2D eigenvalue weighted by atomic mass is 32.2. The minimum atomic E-state index is 0.953. The van der Waals surface area contributed by atoms with E-state index in [2.05, 4.69) is 11.6 Å². The maximum absolute atomic E-state index is 3.41. The predicted octanol–water partition coefficient (Wildman–Crippen LogP) is 1.35. The largest absolute Gasteiger partial charge is 0.316 e. The number of nitrogens with one attached hydrogen (secondary N) is 1. The molecule has 0 aromatic rings. The van der Waals surface area contributed by atoms with Crippen LogP contribution in [0.5, 0.6) is 0 Å². The number of hydrogen-bond acceptors (Lipinski definition) is 2. The van der Waals surface area contributed by atoms with Crippen molar-refractivity contribution in [1.29, 1.82) is 0 Å². The van der Waals surface area contributed by atoms with Crippen LogP contribution in [0.25, 0.3) is 0 Å². The van der Waals surface area contributed by atoms with Gasteiger partial charge in [-0.15, -0.1) is 0 Å². The quantitative estimate of drug-likeness (QED) is 0.629. The van der Waals surface area contributed by atoms with Gasteiger partial charge in [-0.05, 0) is 43.9 Å². The molecular weight excluding hydrogens is 130 g/mol. The monoisotopic (exact) mass is 145 g/mol. The highest BCUT2D eigenvalue weighted by molar-refractivity contribution is 7.98. The lowest BCUT2D eigenvalue weighted by molar-refractivity contribution is 0.410. The average molecular weight is 145 g/mol. The normalized spacial score (nSPS) is 28.3. The van der Waals surface area contributed by atoms with Gasteiger partial charge in [-0.1, -0.05) is 0 Å². The van der Waals surface area contributed by atoms with E-state index in [0.717, 1.165) is 5.92 Å². The lowest BCUT2D eigenvalue weighted by Gasteiger charge is -2.21. The summed E-state index contributed by atoms with van der Waals surface area (Å²) in [6, 6.07) is 0. The summed E-state index contributed by atoms with van der Waals surface area (Å²) in [5.74, 6) is 2.29. The molecule has 1 N–H and O–H groups in total. The average Bonchev–Trinajstić information content (AvgIpc) is 1.91. The maximum Gasteiger partial charge on any atom is -0.00126 e. The molecule has 0 aliphatic carbocycles. The third-order valence-electron chi connectivity index (χ3n) is 1.80. The Bertz CT molecular complexity index is 66.6. The Labute approximate surface area is 61.6 Å². The fourth-order valence-electron chi connectivity index (χ4n) is 1.30. The number of rotatable bonds is 2. The van der Waals surface area contributed by atoms with Crippen LogP contribution < -0.4 is 5.32 Å². The van der Waals surface area contributed by atoms with Crippen molar-refractivity contribution in [1.82, 2.24) is 5.32 Å². The molecule has 0 spiro atoms. The molecule has 1 heterocycles. The number of thioether (sulfide) groups is 1. The summed E-state index contributed by atoms with van der Waals surface area (Å²) >= 11 is 1.97. The van der Waals surface area contributed by atoms with Crippen LogP contribution in [0.15, 0.2) is 0 Å². The minimum absolute atomic E-state index is 0.953. The molecule has 0 bridgehead atoms. The van der Waals surface area contributed by atoms with E-state index >= 15 is 0 Å². The zero-order valence-corrected chi connectivity index (χ0v) is 6.84. The first-order valence-corrected chi connectivity index (χ1v) is 5.02. The van der Waals surface area contributed by atoms with Crippen molar-refractivity contribution < 1.29 is 0 Å². The van der Waals surface area contributed by atoms with Crippen LogP contribution in [0.3, 0.4) is 0 Å². The van der Waals surface area contributed by atoms with E-state index in [-0.39, 0.29) is 0 Å². The first-order chi connectivity index (χ1) is 4.43. The molecule has 1 fully saturated rings. The molecule has 1 atom stereocenters. The second-order valence-corrected chi connectivity index (χ2v) is 3.58. The second-order valence-electron chi connectivity index (χ2n) is 2.67. The van der Waals surface area contributed by atoms with E-state index in [0.29, 0.717) is 0 Å².